The van der Waals surface area contributed by atoms with E-state index in [0.29, 0.717) is 0 Å². The Labute approximate surface area is 131 Å². The smallest absolute Gasteiger partial charge is 0.0455 e. The maximum absolute atomic E-state index is 6.31. The van der Waals surface area contributed by atoms with Gasteiger partial charge in [0.05, 0.1) is 0 Å². The van der Waals surface area contributed by atoms with Gasteiger partial charge in [-0.05, 0) is 36.7 Å². The molecule has 0 saturated carbocycles. The number of nitrogens with one attached hydrogen (secondary N) is 1. The minimum absolute atomic E-state index is 0.246. The second kappa shape index (κ2) is 7.78. The Morgan fingerprint density at radius 3 is 2.53 bits per heavy atom. The fourth-order valence-electron chi connectivity index (χ4n) is 1.69. The van der Waals surface area contributed by atoms with Gasteiger partial charge in [-0.15, -0.1) is 0 Å². The Morgan fingerprint density at radius 1 is 1.26 bits per heavy atom. The minimum atomic E-state index is 0.246. The largest absolute Gasteiger partial charge is 0.309 e. The second-order valence-electron chi connectivity index (χ2n) is 5.60. The molecule has 0 aliphatic carbocycles. The van der Waals surface area contributed by atoms with Crippen LogP contribution in [0.4, 0.5) is 0 Å². The van der Waals surface area contributed by atoms with Gasteiger partial charge in [0.2, 0.25) is 0 Å². The van der Waals surface area contributed by atoms with Crippen LogP contribution in [0.5, 0.6) is 0 Å². The summed E-state index contributed by atoms with van der Waals surface area (Å²) < 4.78 is 0.247. The van der Waals surface area contributed by atoms with Gasteiger partial charge in [-0.2, -0.15) is 11.8 Å². The molecule has 0 aromatic heterocycles. The molecule has 4 heteroatoms. The van der Waals surface area contributed by atoms with E-state index >= 15 is 0 Å². The molecule has 1 aromatic rings. The molecular formula is C15H23Cl2NS. The highest BCUT2D eigenvalue weighted by Crippen LogP contribution is 2.32. The first kappa shape index (κ1) is 17.2. The summed E-state index contributed by atoms with van der Waals surface area (Å²) in [4.78, 5) is 0. The summed E-state index contributed by atoms with van der Waals surface area (Å²) >= 11 is 14.3. The van der Waals surface area contributed by atoms with E-state index in [1.54, 1.807) is 0 Å². The van der Waals surface area contributed by atoms with Crippen LogP contribution in [0.25, 0.3) is 0 Å². The predicted molar refractivity (Wildman–Crippen MR) is 89.7 cm³/mol. The highest BCUT2D eigenvalue weighted by molar-refractivity contribution is 8.00. The van der Waals surface area contributed by atoms with Crippen molar-refractivity contribution in [2.24, 2.45) is 0 Å². The molecular weight excluding hydrogens is 297 g/mol. The van der Waals surface area contributed by atoms with Crippen molar-refractivity contribution < 1.29 is 0 Å². The van der Waals surface area contributed by atoms with E-state index in [1.807, 2.05) is 30.0 Å². The van der Waals surface area contributed by atoms with Crippen LogP contribution in [0.3, 0.4) is 0 Å². The van der Waals surface area contributed by atoms with E-state index in [-0.39, 0.29) is 10.8 Å². The standard InChI is InChI=1S/C15H23Cl2NS/c1-5-8-18-14(10-19-15(2,3)4)12-9-11(16)6-7-13(12)17/h6-7,9,14,18H,5,8,10H2,1-4H3. The van der Waals surface area contributed by atoms with Crippen molar-refractivity contribution in [3.05, 3.63) is 33.8 Å². The van der Waals surface area contributed by atoms with Crippen molar-refractivity contribution in [3.63, 3.8) is 0 Å². The fraction of sp³-hybridized carbons (Fsp3) is 0.600. The van der Waals surface area contributed by atoms with Crippen molar-refractivity contribution in [2.45, 2.75) is 44.9 Å². The molecule has 108 valence electrons. The Kier molecular flexibility index (Phi) is 7.02. The van der Waals surface area contributed by atoms with Crippen LogP contribution >= 0.6 is 35.0 Å². The molecule has 0 spiro atoms. The molecule has 0 bridgehead atoms. The van der Waals surface area contributed by atoms with Crippen LogP contribution in [0, 0.1) is 0 Å². The van der Waals surface area contributed by atoms with E-state index in [1.165, 1.54) is 0 Å². The van der Waals surface area contributed by atoms with E-state index in [4.69, 9.17) is 23.2 Å². The minimum Gasteiger partial charge on any atom is -0.309 e. The second-order valence-corrected chi connectivity index (χ2v) is 8.29. The quantitative estimate of drug-likeness (QED) is 0.736. The van der Waals surface area contributed by atoms with Crippen molar-refractivity contribution in [3.8, 4) is 0 Å². The molecule has 0 fully saturated rings. The molecule has 0 saturated heterocycles. The van der Waals surface area contributed by atoms with Crippen molar-refractivity contribution >= 4 is 35.0 Å². The maximum atomic E-state index is 6.31. The molecule has 1 nitrogen and oxygen atoms in total. The zero-order valence-corrected chi connectivity index (χ0v) is 14.4. The van der Waals surface area contributed by atoms with Gasteiger partial charge in [0.15, 0.2) is 0 Å². The van der Waals surface area contributed by atoms with Crippen molar-refractivity contribution in [1.29, 1.82) is 0 Å². The summed E-state index contributed by atoms with van der Waals surface area (Å²) in [7, 11) is 0. The van der Waals surface area contributed by atoms with E-state index in [9.17, 15) is 0 Å². The van der Waals surface area contributed by atoms with Gasteiger partial charge in [-0.3, -0.25) is 0 Å². The summed E-state index contributed by atoms with van der Waals surface area (Å²) in [5.74, 6) is 0.990. The molecule has 1 N–H and O–H groups in total. The van der Waals surface area contributed by atoms with Gasteiger partial charge < -0.3 is 5.32 Å². The van der Waals surface area contributed by atoms with Crippen molar-refractivity contribution in [2.75, 3.05) is 12.3 Å². The van der Waals surface area contributed by atoms with E-state index in [2.05, 4.69) is 33.0 Å². The first-order valence-electron chi connectivity index (χ1n) is 6.66. The topological polar surface area (TPSA) is 12.0 Å². The average Bonchev–Trinajstić information content (AvgIpc) is 2.32. The van der Waals surface area contributed by atoms with Gasteiger partial charge in [0.25, 0.3) is 0 Å². The zero-order valence-electron chi connectivity index (χ0n) is 12.1. The summed E-state index contributed by atoms with van der Waals surface area (Å²) in [6.07, 6.45) is 1.11. The summed E-state index contributed by atoms with van der Waals surface area (Å²) in [6.45, 7) is 9.84. The Hall–Kier alpha value is 0.110. The number of rotatable bonds is 6. The number of thioether (sulfide) groups is 1. The first-order chi connectivity index (χ1) is 8.83. The van der Waals surface area contributed by atoms with Gasteiger partial charge in [-0.1, -0.05) is 50.9 Å². The predicted octanol–water partition coefficient (Wildman–Crippen LogP) is 5.57. The number of halogens is 2. The van der Waals surface area contributed by atoms with Crippen LogP contribution in [0.2, 0.25) is 10.0 Å². The lowest BCUT2D eigenvalue weighted by molar-refractivity contribution is 0.575. The van der Waals surface area contributed by atoms with E-state index in [0.717, 1.165) is 34.3 Å². The normalized spacial score (nSPS) is 13.6. The molecule has 19 heavy (non-hydrogen) atoms. The molecule has 0 aliphatic heterocycles. The van der Waals surface area contributed by atoms with Crippen LogP contribution in [0.15, 0.2) is 18.2 Å². The molecule has 1 unspecified atom stereocenters. The highest BCUT2D eigenvalue weighted by Gasteiger charge is 2.19. The van der Waals surface area contributed by atoms with Crippen LogP contribution in [-0.4, -0.2) is 17.0 Å². The van der Waals surface area contributed by atoms with Gasteiger partial charge in [0, 0.05) is 26.6 Å². The molecule has 1 atom stereocenters. The van der Waals surface area contributed by atoms with Gasteiger partial charge in [-0.25, -0.2) is 0 Å². The highest BCUT2D eigenvalue weighted by atomic mass is 35.5. The molecule has 1 rings (SSSR count). The summed E-state index contributed by atoms with van der Waals surface area (Å²) in [6, 6.07) is 5.93. The Morgan fingerprint density at radius 2 is 1.95 bits per heavy atom. The number of hydrogen-bond donors (Lipinski definition) is 1. The van der Waals surface area contributed by atoms with E-state index < -0.39 is 0 Å². The lowest BCUT2D eigenvalue weighted by Crippen LogP contribution is -2.26. The molecule has 1 aromatic carbocycles. The van der Waals surface area contributed by atoms with Gasteiger partial charge in [0.1, 0.15) is 0 Å². The van der Waals surface area contributed by atoms with Crippen molar-refractivity contribution in [1.82, 2.24) is 5.32 Å². The van der Waals surface area contributed by atoms with Crippen LogP contribution in [0.1, 0.15) is 45.7 Å². The first-order valence-corrected chi connectivity index (χ1v) is 8.40. The number of benzene rings is 1. The maximum Gasteiger partial charge on any atom is 0.0455 e. The molecule has 0 aliphatic rings. The monoisotopic (exact) mass is 319 g/mol. The Balaban J connectivity index is 2.85. The molecule has 0 heterocycles. The third-order valence-corrected chi connectivity index (χ3v) is 4.60. The van der Waals surface area contributed by atoms with Gasteiger partial charge >= 0.3 is 0 Å². The molecule has 0 radical (unpaired) electrons. The van der Waals surface area contributed by atoms with Crippen LogP contribution < -0.4 is 5.32 Å². The zero-order chi connectivity index (χ0) is 14.5. The molecule has 0 amide bonds. The Bertz CT molecular complexity index is 402. The fourth-order valence-corrected chi connectivity index (χ4v) is 3.09. The summed E-state index contributed by atoms with van der Waals surface area (Å²) in [5, 5.41) is 5.09. The third-order valence-electron chi connectivity index (χ3n) is 2.66. The lowest BCUT2D eigenvalue weighted by Gasteiger charge is -2.25. The number of hydrogen-bond acceptors (Lipinski definition) is 2. The third kappa shape index (κ3) is 6.40. The summed E-state index contributed by atoms with van der Waals surface area (Å²) in [5.41, 5.74) is 1.10. The SMILES string of the molecule is CCCNC(CSC(C)(C)C)c1cc(Cl)ccc1Cl. The average molecular weight is 320 g/mol. The lowest BCUT2D eigenvalue weighted by atomic mass is 10.1. The van der Waals surface area contributed by atoms with Crippen LogP contribution in [-0.2, 0) is 0 Å².